The molecular formula is C18H42BrN. The minimum Gasteiger partial charge on any atom is -0.344 e. The van der Waals surface area contributed by atoms with Crippen molar-refractivity contribution >= 4 is 17.0 Å². The molecule has 0 bridgehead atoms. The molecular weight excluding hydrogens is 310 g/mol. The lowest BCUT2D eigenvalue weighted by atomic mass is 10.0. The van der Waals surface area contributed by atoms with Crippen molar-refractivity contribution in [2.24, 2.45) is 5.92 Å². The topological polar surface area (TPSA) is 35.0 Å². The van der Waals surface area contributed by atoms with Crippen molar-refractivity contribution in [1.29, 1.82) is 0 Å². The molecule has 0 radical (unpaired) electrons. The molecule has 0 aromatic heterocycles. The Kier molecular flexibility index (Phi) is 27.6. The molecule has 0 amide bonds. The van der Waals surface area contributed by atoms with Gasteiger partial charge in [0.05, 0.1) is 0 Å². The summed E-state index contributed by atoms with van der Waals surface area (Å²) in [4.78, 5) is 0. The molecule has 0 atom stereocenters. The highest BCUT2D eigenvalue weighted by Gasteiger charge is 1.95. The predicted molar refractivity (Wildman–Crippen MR) is 100 cm³/mol. The number of rotatable bonds is 14. The second kappa shape index (κ2) is 21.7. The lowest BCUT2D eigenvalue weighted by molar-refractivity contribution is 0.503. The fourth-order valence-corrected chi connectivity index (χ4v) is 2.57. The number of unbranched alkanes of at least 4 members (excludes halogenated alkanes) is 12. The first-order valence-electron chi connectivity index (χ1n) is 8.77. The second-order valence-electron chi connectivity index (χ2n) is 6.43. The molecule has 0 spiro atoms. The van der Waals surface area contributed by atoms with Gasteiger partial charge in [0.2, 0.25) is 0 Å². The SMILES string of the molecule is Br.CCCCCCCCCCCCCCCC(C)C.N. The summed E-state index contributed by atoms with van der Waals surface area (Å²) >= 11 is 0. The van der Waals surface area contributed by atoms with E-state index in [1.165, 1.54) is 89.9 Å². The molecule has 20 heavy (non-hydrogen) atoms. The first kappa shape index (κ1) is 25.4. The van der Waals surface area contributed by atoms with E-state index in [2.05, 4.69) is 20.8 Å². The summed E-state index contributed by atoms with van der Waals surface area (Å²) in [6.07, 6.45) is 20.5. The molecule has 0 aliphatic rings. The summed E-state index contributed by atoms with van der Waals surface area (Å²) in [5.41, 5.74) is 0. The molecule has 0 aromatic carbocycles. The van der Waals surface area contributed by atoms with Gasteiger partial charge in [0.15, 0.2) is 0 Å². The number of halogens is 1. The van der Waals surface area contributed by atoms with E-state index in [0.717, 1.165) is 5.92 Å². The maximum absolute atomic E-state index is 2.33. The van der Waals surface area contributed by atoms with Crippen molar-refractivity contribution in [3.63, 3.8) is 0 Å². The van der Waals surface area contributed by atoms with E-state index in [1.807, 2.05) is 0 Å². The van der Waals surface area contributed by atoms with Crippen LogP contribution >= 0.6 is 17.0 Å². The lowest BCUT2D eigenvalue weighted by Gasteiger charge is -2.04. The van der Waals surface area contributed by atoms with Crippen LogP contribution in [-0.4, -0.2) is 0 Å². The highest BCUT2D eigenvalue weighted by atomic mass is 79.9. The fourth-order valence-electron chi connectivity index (χ4n) is 2.57. The summed E-state index contributed by atoms with van der Waals surface area (Å²) in [5, 5.41) is 0. The first-order valence-corrected chi connectivity index (χ1v) is 8.77. The maximum atomic E-state index is 2.33. The van der Waals surface area contributed by atoms with Crippen LogP contribution < -0.4 is 6.15 Å². The molecule has 0 fully saturated rings. The van der Waals surface area contributed by atoms with E-state index < -0.39 is 0 Å². The largest absolute Gasteiger partial charge is 0.344 e. The van der Waals surface area contributed by atoms with E-state index in [9.17, 15) is 0 Å². The van der Waals surface area contributed by atoms with Gasteiger partial charge in [-0.25, -0.2) is 0 Å². The van der Waals surface area contributed by atoms with Crippen LogP contribution in [0.25, 0.3) is 0 Å². The molecule has 0 heterocycles. The van der Waals surface area contributed by atoms with E-state index >= 15 is 0 Å². The van der Waals surface area contributed by atoms with E-state index in [-0.39, 0.29) is 23.1 Å². The number of hydrogen-bond acceptors (Lipinski definition) is 1. The van der Waals surface area contributed by atoms with Crippen LogP contribution in [0.3, 0.4) is 0 Å². The van der Waals surface area contributed by atoms with Crippen LogP contribution in [-0.2, 0) is 0 Å². The molecule has 0 aliphatic carbocycles. The van der Waals surface area contributed by atoms with Gasteiger partial charge in [-0.2, -0.15) is 0 Å². The Balaban J connectivity index is -0.00000144. The Labute approximate surface area is 140 Å². The summed E-state index contributed by atoms with van der Waals surface area (Å²) in [7, 11) is 0. The van der Waals surface area contributed by atoms with Gasteiger partial charge in [0.1, 0.15) is 0 Å². The Morgan fingerprint density at radius 1 is 0.550 bits per heavy atom. The average molecular weight is 352 g/mol. The normalized spacial score (nSPS) is 10.2. The summed E-state index contributed by atoms with van der Waals surface area (Å²) < 4.78 is 0. The zero-order chi connectivity index (χ0) is 13.5. The van der Waals surface area contributed by atoms with Crippen molar-refractivity contribution in [2.75, 3.05) is 0 Å². The zero-order valence-corrected chi connectivity index (χ0v) is 16.3. The van der Waals surface area contributed by atoms with Crippen LogP contribution in [0.1, 0.15) is 111 Å². The van der Waals surface area contributed by atoms with Gasteiger partial charge < -0.3 is 6.15 Å². The van der Waals surface area contributed by atoms with Crippen molar-refractivity contribution in [3.8, 4) is 0 Å². The van der Waals surface area contributed by atoms with Crippen molar-refractivity contribution in [1.82, 2.24) is 6.15 Å². The molecule has 0 aliphatic heterocycles. The van der Waals surface area contributed by atoms with Gasteiger partial charge in [-0.3, -0.25) is 0 Å². The van der Waals surface area contributed by atoms with Crippen LogP contribution in [0.15, 0.2) is 0 Å². The molecule has 0 unspecified atom stereocenters. The summed E-state index contributed by atoms with van der Waals surface area (Å²) in [5.74, 6) is 0.901. The molecule has 0 rings (SSSR count). The minimum atomic E-state index is 0. The van der Waals surface area contributed by atoms with Crippen LogP contribution in [0.2, 0.25) is 0 Å². The third-order valence-electron chi connectivity index (χ3n) is 3.89. The fraction of sp³-hybridized carbons (Fsp3) is 1.00. The number of hydrogen-bond donors (Lipinski definition) is 1. The molecule has 0 aromatic rings. The lowest BCUT2D eigenvalue weighted by Crippen LogP contribution is -1.87. The minimum absolute atomic E-state index is 0. The molecule has 126 valence electrons. The Bertz CT molecular complexity index is 148. The first-order chi connectivity index (χ1) is 8.77. The van der Waals surface area contributed by atoms with Crippen molar-refractivity contribution < 1.29 is 0 Å². The van der Waals surface area contributed by atoms with Crippen molar-refractivity contribution in [2.45, 2.75) is 111 Å². The van der Waals surface area contributed by atoms with Gasteiger partial charge in [-0.05, 0) is 5.92 Å². The third kappa shape index (κ3) is 23.5. The smallest absolute Gasteiger partial charge is 0.0471 e. The van der Waals surface area contributed by atoms with Crippen LogP contribution in [0.5, 0.6) is 0 Å². The molecule has 0 saturated carbocycles. The predicted octanol–water partition coefficient (Wildman–Crippen LogP) is 7.86. The zero-order valence-electron chi connectivity index (χ0n) is 14.6. The Morgan fingerprint density at radius 2 is 0.850 bits per heavy atom. The monoisotopic (exact) mass is 351 g/mol. The van der Waals surface area contributed by atoms with Crippen molar-refractivity contribution in [3.05, 3.63) is 0 Å². The van der Waals surface area contributed by atoms with Gasteiger partial charge in [0, 0.05) is 0 Å². The molecule has 0 saturated heterocycles. The van der Waals surface area contributed by atoms with Gasteiger partial charge in [0.25, 0.3) is 0 Å². The Morgan fingerprint density at radius 3 is 1.15 bits per heavy atom. The van der Waals surface area contributed by atoms with Crippen LogP contribution in [0.4, 0.5) is 0 Å². The van der Waals surface area contributed by atoms with E-state index in [4.69, 9.17) is 0 Å². The van der Waals surface area contributed by atoms with Gasteiger partial charge in [-0.1, -0.05) is 111 Å². The highest BCUT2D eigenvalue weighted by molar-refractivity contribution is 8.93. The quantitative estimate of drug-likeness (QED) is 0.317. The molecule has 2 heteroatoms. The summed E-state index contributed by atoms with van der Waals surface area (Å²) in [6, 6.07) is 0. The standard InChI is InChI=1S/C18H38.BrH.H3N/c1-4-5-6-7-8-9-10-11-12-13-14-15-16-17-18(2)3;;/h18H,4-17H2,1-3H3;1H;1H3. The maximum Gasteiger partial charge on any atom is -0.0471 e. The van der Waals surface area contributed by atoms with Gasteiger partial charge in [-0.15, -0.1) is 17.0 Å². The highest BCUT2D eigenvalue weighted by Crippen LogP contribution is 2.14. The third-order valence-corrected chi connectivity index (χ3v) is 3.89. The molecule has 3 N–H and O–H groups in total. The van der Waals surface area contributed by atoms with E-state index in [1.54, 1.807) is 0 Å². The molecule has 1 nitrogen and oxygen atoms in total. The van der Waals surface area contributed by atoms with Gasteiger partial charge >= 0.3 is 0 Å². The average Bonchev–Trinajstić information content (AvgIpc) is 2.34. The Hall–Kier alpha value is 0.440. The van der Waals surface area contributed by atoms with E-state index in [0.29, 0.717) is 0 Å². The van der Waals surface area contributed by atoms with Crippen LogP contribution in [0, 0.1) is 5.92 Å². The summed E-state index contributed by atoms with van der Waals surface area (Å²) in [6.45, 7) is 6.96. The second-order valence-corrected chi connectivity index (χ2v) is 6.43.